The largest absolute Gasteiger partial charge is 0.323 e. The van der Waals surface area contributed by atoms with Crippen LogP contribution in [0.25, 0.3) is 0 Å². The Balaban J connectivity index is 2.39. The smallest absolute Gasteiger partial charge is 0.150 e. The number of hydrogen-bond donors (Lipinski definition) is 1. The molecule has 0 saturated carbocycles. The van der Waals surface area contributed by atoms with Gasteiger partial charge in [-0.2, -0.15) is 0 Å². The molecule has 2 N–H and O–H groups in total. The normalized spacial score (nSPS) is 13.9. The molecule has 0 fully saturated rings. The lowest BCUT2D eigenvalue weighted by Gasteiger charge is -2.08. The van der Waals surface area contributed by atoms with Crippen molar-refractivity contribution in [1.29, 1.82) is 0 Å². The summed E-state index contributed by atoms with van der Waals surface area (Å²) in [4.78, 5) is 1.10. The van der Waals surface area contributed by atoms with Gasteiger partial charge in [-0.25, -0.2) is 8.42 Å². The Labute approximate surface area is 109 Å². The molecule has 0 amide bonds. The minimum atomic E-state index is -2.85. The molecule has 92 valence electrons. The molecule has 0 spiro atoms. The molecule has 0 radical (unpaired) electrons. The van der Waals surface area contributed by atoms with E-state index in [0.717, 1.165) is 8.66 Å². The highest BCUT2D eigenvalue weighted by molar-refractivity contribution is 9.11. The molecule has 16 heavy (non-hydrogen) atoms. The maximum atomic E-state index is 11.3. The number of sulfone groups is 1. The monoisotopic (exact) mass is 325 g/mol. The van der Waals surface area contributed by atoms with Gasteiger partial charge >= 0.3 is 0 Å². The van der Waals surface area contributed by atoms with Gasteiger partial charge in [0.25, 0.3) is 0 Å². The minimum Gasteiger partial charge on any atom is -0.323 e. The van der Waals surface area contributed by atoms with Gasteiger partial charge < -0.3 is 5.73 Å². The highest BCUT2D eigenvalue weighted by Crippen LogP contribution is 2.28. The summed E-state index contributed by atoms with van der Waals surface area (Å²) >= 11 is 4.98. The molecule has 3 nitrogen and oxygen atoms in total. The lowest BCUT2D eigenvalue weighted by molar-refractivity contribution is 0.585. The van der Waals surface area contributed by atoms with Crippen LogP contribution in [0.15, 0.2) is 15.9 Å². The highest BCUT2D eigenvalue weighted by atomic mass is 79.9. The van der Waals surface area contributed by atoms with Crippen LogP contribution < -0.4 is 5.73 Å². The second-order valence-electron chi connectivity index (χ2n) is 3.63. The van der Waals surface area contributed by atoms with E-state index in [0.29, 0.717) is 12.8 Å². The van der Waals surface area contributed by atoms with Gasteiger partial charge in [0.2, 0.25) is 0 Å². The van der Waals surface area contributed by atoms with Crippen molar-refractivity contribution in [2.45, 2.75) is 25.8 Å². The predicted molar refractivity (Wildman–Crippen MR) is 72.5 cm³/mol. The third-order valence-electron chi connectivity index (χ3n) is 2.37. The number of rotatable bonds is 6. The molecule has 0 saturated heterocycles. The molecule has 1 atom stereocenters. The lowest BCUT2D eigenvalue weighted by Crippen LogP contribution is -2.13. The van der Waals surface area contributed by atoms with E-state index in [-0.39, 0.29) is 17.5 Å². The molecule has 1 aromatic rings. The van der Waals surface area contributed by atoms with Gasteiger partial charge in [0.05, 0.1) is 9.54 Å². The van der Waals surface area contributed by atoms with Crippen LogP contribution in [-0.4, -0.2) is 19.9 Å². The van der Waals surface area contributed by atoms with Crippen molar-refractivity contribution < 1.29 is 8.42 Å². The quantitative estimate of drug-likeness (QED) is 0.874. The molecular formula is C10H16BrNO2S2. The van der Waals surface area contributed by atoms with Crippen LogP contribution in [0.1, 0.15) is 30.7 Å². The van der Waals surface area contributed by atoms with Crippen molar-refractivity contribution in [2.24, 2.45) is 5.73 Å². The Kier molecular flexibility index (Phi) is 5.43. The maximum Gasteiger partial charge on any atom is 0.150 e. The number of nitrogens with two attached hydrogens (primary N) is 1. The van der Waals surface area contributed by atoms with Gasteiger partial charge in [-0.3, -0.25) is 0 Å². The third kappa shape index (κ3) is 4.53. The Morgan fingerprint density at radius 1 is 1.50 bits per heavy atom. The molecule has 0 aliphatic carbocycles. The number of thiophene rings is 1. The average molecular weight is 326 g/mol. The first-order valence-electron chi connectivity index (χ1n) is 5.16. The summed E-state index contributed by atoms with van der Waals surface area (Å²) in [6, 6.07) is 3.89. The molecule has 0 bridgehead atoms. The van der Waals surface area contributed by atoms with Crippen LogP contribution in [-0.2, 0) is 9.84 Å². The second kappa shape index (κ2) is 6.14. The predicted octanol–water partition coefficient (Wildman–Crippen LogP) is 2.73. The Hall–Kier alpha value is 0.0900. The second-order valence-corrected chi connectivity index (χ2v) is 8.59. The molecule has 0 aromatic carbocycles. The molecule has 6 heteroatoms. The van der Waals surface area contributed by atoms with Crippen molar-refractivity contribution in [3.8, 4) is 0 Å². The molecular weight excluding hydrogens is 310 g/mol. The van der Waals surface area contributed by atoms with Crippen molar-refractivity contribution in [1.82, 2.24) is 0 Å². The summed E-state index contributed by atoms with van der Waals surface area (Å²) in [6.45, 7) is 1.67. The SMILES string of the molecule is CCS(=O)(=O)CCCC(N)c1ccc(Br)s1. The van der Waals surface area contributed by atoms with E-state index in [1.165, 1.54) is 0 Å². The summed E-state index contributed by atoms with van der Waals surface area (Å²) in [5, 5.41) is 0. The Morgan fingerprint density at radius 3 is 2.69 bits per heavy atom. The van der Waals surface area contributed by atoms with Gasteiger partial charge in [-0.1, -0.05) is 6.92 Å². The first-order chi connectivity index (χ1) is 7.44. The van der Waals surface area contributed by atoms with Crippen LogP contribution in [0, 0.1) is 0 Å². The van der Waals surface area contributed by atoms with Crippen LogP contribution >= 0.6 is 27.3 Å². The van der Waals surface area contributed by atoms with Gasteiger partial charge in [0.15, 0.2) is 0 Å². The zero-order valence-electron chi connectivity index (χ0n) is 9.15. The maximum absolute atomic E-state index is 11.3. The molecule has 1 unspecified atom stereocenters. The zero-order valence-corrected chi connectivity index (χ0v) is 12.4. The molecule has 1 heterocycles. The summed E-state index contributed by atoms with van der Waals surface area (Å²) in [7, 11) is -2.85. The molecule has 0 aliphatic heterocycles. The third-order valence-corrected chi connectivity index (χ3v) is 5.92. The summed E-state index contributed by atoms with van der Waals surface area (Å²) in [6.07, 6.45) is 1.35. The Morgan fingerprint density at radius 2 is 2.19 bits per heavy atom. The van der Waals surface area contributed by atoms with E-state index in [2.05, 4.69) is 15.9 Å². The zero-order chi connectivity index (χ0) is 12.2. The van der Waals surface area contributed by atoms with Gasteiger partial charge in [0.1, 0.15) is 9.84 Å². The number of halogens is 1. The van der Waals surface area contributed by atoms with Crippen molar-refractivity contribution in [3.05, 3.63) is 20.8 Å². The van der Waals surface area contributed by atoms with Crippen LogP contribution in [0.3, 0.4) is 0 Å². The van der Waals surface area contributed by atoms with E-state index in [1.807, 2.05) is 12.1 Å². The highest BCUT2D eigenvalue weighted by Gasteiger charge is 2.11. The fourth-order valence-electron chi connectivity index (χ4n) is 1.34. The molecule has 0 aliphatic rings. The van der Waals surface area contributed by atoms with Crippen LogP contribution in [0.5, 0.6) is 0 Å². The van der Waals surface area contributed by atoms with Crippen molar-refractivity contribution >= 4 is 37.1 Å². The minimum absolute atomic E-state index is 0.0524. The Bertz CT molecular complexity index is 428. The average Bonchev–Trinajstić information content (AvgIpc) is 2.64. The summed E-state index contributed by atoms with van der Waals surface area (Å²) in [5.74, 6) is 0.455. The summed E-state index contributed by atoms with van der Waals surface area (Å²) in [5.41, 5.74) is 5.97. The van der Waals surface area contributed by atoms with Gasteiger partial charge in [-0.05, 0) is 40.9 Å². The van der Waals surface area contributed by atoms with E-state index >= 15 is 0 Å². The first-order valence-corrected chi connectivity index (χ1v) is 8.59. The molecule has 1 rings (SSSR count). The summed E-state index contributed by atoms with van der Waals surface area (Å²) < 4.78 is 23.6. The lowest BCUT2D eigenvalue weighted by atomic mass is 10.1. The topological polar surface area (TPSA) is 60.2 Å². The first kappa shape index (κ1) is 14.2. The van der Waals surface area contributed by atoms with Crippen LogP contribution in [0.2, 0.25) is 0 Å². The van der Waals surface area contributed by atoms with E-state index in [1.54, 1.807) is 18.3 Å². The van der Waals surface area contributed by atoms with Gasteiger partial charge in [-0.15, -0.1) is 11.3 Å². The van der Waals surface area contributed by atoms with E-state index in [4.69, 9.17) is 5.73 Å². The fraction of sp³-hybridized carbons (Fsp3) is 0.600. The van der Waals surface area contributed by atoms with Crippen molar-refractivity contribution in [2.75, 3.05) is 11.5 Å². The molecule has 1 aromatic heterocycles. The fourth-order valence-corrected chi connectivity index (χ4v) is 3.69. The van der Waals surface area contributed by atoms with E-state index in [9.17, 15) is 8.42 Å². The van der Waals surface area contributed by atoms with Gasteiger partial charge in [0, 0.05) is 16.7 Å². The van der Waals surface area contributed by atoms with Crippen molar-refractivity contribution in [3.63, 3.8) is 0 Å². The van der Waals surface area contributed by atoms with Crippen LogP contribution in [0.4, 0.5) is 0 Å². The standard InChI is InChI=1S/C10H16BrNO2S2/c1-2-16(13,14)7-3-4-8(12)9-5-6-10(11)15-9/h5-6,8H,2-4,7,12H2,1H3. The van der Waals surface area contributed by atoms with E-state index < -0.39 is 9.84 Å². The number of hydrogen-bond acceptors (Lipinski definition) is 4.